The summed E-state index contributed by atoms with van der Waals surface area (Å²) in [7, 11) is 3.36. The van der Waals surface area contributed by atoms with Gasteiger partial charge in [-0.3, -0.25) is 28.5 Å². The molecule has 1 aliphatic heterocycles. The van der Waals surface area contributed by atoms with E-state index in [0.717, 1.165) is 25.3 Å². The Bertz CT molecular complexity index is 2150. The van der Waals surface area contributed by atoms with E-state index in [2.05, 4.69) is 26.5 Å². The molecule has 228 valence electrons. The van der Waals surface area contributed by atoms with E-state index in [4.69, 9.17) is 0 Å². The maximum Gasteiger partial charge on any atom is 0.290 e. The number of carbonyl (C=O) groups is 1. The summed E-state index contributed by atoms with van der Waals surface area (Å²) in [5, 5.41) is 21.7. The molecule has 0 unspecified atom stereocenters. The summed E-state index contributed by atoms with van der Waals surface area (Å²) in [6, 6.07) is 14.9. The first-order valence-corrected chi connectivity index (χ1v) is 14.5. The highest BCUT2D eigenvalue weighted by Gasteiger charge is 2.24. The van der Waals surface area contributed by atoms with E-state index in [1.165, 1.54) is 35.0 Å². The molecule has 0 saturated carbocycles. The lowest BCUT2D eigenvalue weighted by atomic mass is 9.85. The molecule has 0 spiro atoms. The van der Waals surface area contributed by atoms with Gasteiger partial charge in [-0.15, -0.1) is 0 Å². The van der Waals surface area contributed by atoms with Crippen molar-refractivity contribution in [2.45, 2.75) is 32.2 Å². The van der Waals surface area contributed by atoms with Crippen molar-refractivity contribution in [2.75, 3.05) is 18.4 Å². The minimum absolute atomic E-state index is 0.133. The zero-order valence-electron chi connectivity index (χ0n) is 25.3. The topological polar surface area (TPSA) is 131 Å². The van der Waals surface area contributed by atoms with E-state index >= 15 is 4.39 Å². The number of hydrogen-bond acceptors (Lipinski definition) is 8. The number of benzene rings is 2. The highest BCUT2D eigenvalue weighted by atomic mass is 19.1. The van der Waals surface area contributed by atoms with Crippen molar-refractivity contribution in [3.8, 4) is 23.0 Å². The Morgan fingerprint density at radius 2 is 1.82 bits per heavy atom. The maximum absolute atomic E-state index is 15.4. The Morgan fingerprint density at radius 1 is 1.04 bits per heavy atom. The Labute approximate surface area is 257 Å². The molecule has 0 atom stereocenters. The number of fused-ring (bicyclic) bond motifs is 1. The first-order valence-electron chi connectivity index (χ1n) is 14.5. The lowest BCUT2D eigenvalue weighted by Crippen LogP contribution is -2.36. The molecular formula is C33H31FN8O3. The molecule has 0 bridgehead atoms. The predicted octanol–water partition coefficient (Wildman–Crippen LogP) is 4.19. The summed E-state index contributed by atoms with van der Waals surface area (Å²) in [5.74, 6) is -0.260. The van der Waals surface area contributed by atoms with Gasteiger partial charge in [-0.25, -0.2) is 9.07 Å². The van der Waals surface area contributed by atoms with E-state index in [-0.39, 0.29) is 22.3 Å². The van der Waals surface area contributed by atoms with Crippen LogP contribution in [-0.4, -0.2) is 48.4 Å². The molecule has 1 N–H and O–H groups in total. The number of rotatable bonds is 8. The fourth-order valence-corrected chi connectivity index (χ4v) is 5.51. The molecule has 1 fully saturated rings. The van der Waals surface area contributed by atoms with E-state index in [1.54, 1.807) is 54.9 Å². The van der Waals surface area contributed by atoms with E-state index < -0.39 is 22.4 Å². The Balaban J connectivity index is 1.41. The van der Waals surface area contributed by atoms with Gasteiger partial charge in [0.25, 0.3) is 11.1 Å². The Hall–Kier alpha value is -5.41. The van der Waals surface area contributed by atoms with Crippen LogP contribution in [0, 0.1) is 17.1 Å². The normalized spacial score (nSPS) is 13.4. The van der Waals surface area contributed by atoms with Crippen molar-refractivity contribution in [2.24, 2.45) is 14.1 Å². The molecular weight excluding hydrogens is 575 g/mol. The number of pyridine rings is 1. The van der Waals surface area contributed by atoms with Crippen LogP contribution in [0.3, 0.4) is 0 Å². The molecule has 11 nitrogen and oxygen atoms in total. The van der Waals surface area contributed by atoms with Crippen LogP contribution < -0.4 is 16.4 Å². The summed E-state index contributed by atoms with van der Waals surface area (Å²) in [6.45, 7) is 6.20. The van der Waals surface area contributed by atoms with Gasteiger partial charge < -0.3 is 5.32 Å². The van der Waals surface area contributed by atoms with Crippen molar-refractivity contribution in [3.63, 3.8) is 0 Å². The molecule has 4 heterocycles. The Kier molecular flexibility index (Phi) is 7.42. The van der Waals surface area contributed by atoms with Crippen LogP contribution >= 0.6 is 0 Å². The third-order valence-corrected chi connectivity index (χ3v) is 8.33. The molecule has 3 aromatic heterocycles. The van der Waals surface area contributed by atoms with E-state index in [9.17, 15) is 19.6 Å². The van der Waals surface area contributed by atoms with Gasteiger partial charge in [0.05, 0.1) is 33.9 Å². The molecule has 12 heteroatoms. The number of aromatic nitrogens is 5. The van der Waals surface area contributed by atoms with E-state index in [1.807, 2.05) is 13.1 Å². The number of carbonyl (C=O) groups excluding carboxylic acids is 1. The van der Waals surface area contributed by atoms with Crippen LogP contribution in [0.15, 0.2) is 64.3 Å². The quantitative estimate of drug-likeness (QED) is 0.260. The zero-order valence-corrected chi connectivity index (χ0v) is 25.3. The standard InChI is InChI=1S/C33H31FN8O3/c1-33(2,19-35)21-13-20-9-12-42(32(45)30(20)25(34)14-21)28-8-5-7-23(24(28)18-43)26-16-27(31(44)40(4)37-26)36-29-15-22(39(3)38-29)17-41-10-6-11-41/h5,7-9,12-16,18H,6,10-11,17H2,1-4H3,(H,36,38). The monoisotopic (exact) mass is 606 g/mol. The first kappa shape index (κ1) is 29.7. The molecule has 1 saturated heterocycles. The average Bonchev–Trinajstić information content (AvgIpc) is 3.34. The minimum Gasteiger partial charge on any atom is -0.334 e. The van der Waals surface area contributed by atoms with Gasteiger partial charge in [0, 0.05) is 44.0 Å². The van der Waals surface area contributed by atoms with Gasteiger partial charge in [0.2, 0.25) is 0 Å². The third-order valence-electron chi connectivity index (χ3n) is 8.33. The van der Waals surface area contributed by atoms with Crippen molar-refractivity contribution >= 4 is 28.6 Å². The number of halogens is 1. The van der Waals surface area contributed by atoms with Crippen LogP contribution in [0.4, 0.5) is 15.9 Å². The molecule has 5 aromatic rings. The molecule has 0 aliphatic carbocycles. The highest BCUT2D eigenvalue weighted by molar-refractivity contribution is 5.92. The number of anilines is 2. The summed E-state index contributed by atoms with van der Waals surface area (Å²) in [4.78, 5) is 41.6. The van der Waals surface area contributed by atoms with Crippen LogP contribution in [0.25, 0.3) is 27.7 Å². The Morgan fingerprint density at radius 3 is 2.51 bits per heavy atom. The fourth-order valence-electron chi connectivity index (χ4n) is 5.51. The maximum atomic E-state index is 15.4. The number of nitriles is 1. The first-order chi connectivity index (χ1) is 21.5. The summed E-state index contributed by atoms with van der Waals surface area (Å²) in [6.07, 6.45) is 3.26. The second kappa shape index (κ2) is 11.3. The van der Waals surface area contributed by atoms with Crippen LogP contribution in [0.2, 0.25) is 0 Å². The van der Waals surface area contributed by atoms with Gasteiger partial charge in [0.1, 0.15) is 11.5 Å². The minimum atomic E-state index is -0.952. The molecule has 1 aliphatic rings. The SMILES string of the molecule is Cn1nc(Nc2cc(-c3cccc(-n4ccc5cc(C(C)(C)C#N)cc(F)c5c4=O)c3C=O)nn(C)c2=O)cc1CN1CCC1. The largest absolute Gasteiger partial charge is 0.334 e. The number of nitrogens with one attached hydrogen (secondary N) is 1. The summed E-state index contributed by atoms with van der Waals surface area (Å²) in [5.41, 5.74) is 0.694. The van der Waals surface area contributed by atoms with Gasteiger partial charge in [0.15, 0.2) is 12.1 Å². The van der Waals surface area contributed by atoms with Crippen molar-refractivity contribution in [3.05, 3.63) is 98.1 Å². The smallest absolute Gasteiger partial charge is 0.290 e. The summed E-state index contributed by atoms with van der Waals surface area (Å²) < 4.78 is 19.5. The third kappa shape index (κ3) is 5.32. The molecule has 0 radical (unpaired) electrons. The van der Waals surface area contributed by atoms with Gasteiger partial charge in [-0.05, 0) is 74.6 Å². The van der Waals surface area contributed by atoms with Crippen LogP contribution in [-0.2, 0) is 26.1 Å². The lowest BCUT2D eigenvalue weighted by Gasteiger charge is -2.30. The van der Waals surface area contributed by atoms with Crippen LogP contribution in [0.1, 0.15) is 41.9 Å². The summed E-state index contributed by atoms with van der Waals surface area (Å²) >= 11 is 0. The molecule has 0 amide bonds. The van der Waals surface area contributed by atoms with Gasteiger partial charge in [-0.2, -0.15) is 15.5 Å². The predicted molar refractivity (Wildman–Crippen MR) is 168 cm³/mol. The fraction of sp³-hybridized carbons (Fsp3) is 0.273. The van der Waals surface area contributed by atoms with Crippen molar-refractivity contribution in [1.29, 1.82) is 5.26 Å². The molecule has 2 aromatic carbocycles. The number of aryl methyl sites for hydroxylation is 2. The zero-order chi connectivity index (χ0) is 32.0. The van der Waals surface area contributed by atoms with Crippen molar-refractivity contribution in [1.82, 2.24) is 29.0 Å². The second-order valence-electron chi connectivity index (χ2n) is 11.8. The number of likely N-dealkylation sites (tertiary alicyclic amines) is 1. The number of hydrogen-bond donors (Lipinski definition) is 1. The highest BCUT2D eigenvalue weighted by Crippen LogP contribution is 2.30. The average molecular weight is 607 g/mol. The molecule has 6 rings (SSSR count). The van der Waals surface area contributed by atoms with Gasteiger partial charge in [-0.1, -0.05) is 12.1 Å². The van der Waals surface area contributed by atoms with E-state index in [0.29, 0.717) is 34.3 Å². The number of nitrogens with zero attached hydrogens (tertiary/aromatic N) is 7. The van der Waals surface area contributed by atoms with Crippen LogP contribution in [0.5, 0.6) is 0 Å². The van der Waals surface area contributed by atoms with Gasteiger partial charge >= 0.3 is 0 Å². The number of aldehydes is 1. The molecule has 45 heavy (non-hydrogen) atoms. The lowest BCUT2D eigenvalue weighted by molar-refractivity contribution is 0.112. The van der Waals surface area contributed by atoms with Crippen molar-refractivity contribution < 1.29 is 9.18 Å². The second-order valence-corrected chi connectivity index (χ2v) is 11.8.